The predicted molar refractivity (Wildman–Crippen MR) is 91.6 cm³/mol. The van der Waals surface area contributed by atoms with E-state index in [1.165, 1.54) is 11.1 Å². The number of hydrogen-bond donors (Lipinski definition) is 1. The van der Waals surface area contributed by atoms with Gasteiger partial charge in [-0.15, -0.1) is 0 Å². The lowest BCUT2D eigenvalue weighted by molar-refractivity contribution is -0.122. The SMILES string of the molecule is Cc1cccc(OCCC(=O)NC2CCCc3ccccc32)c1. The summed E-state index contributed by atoms with van der Waals surface area (Å²) in [6.45, 7) is 2.43. The van der Waals surface area contributed by atoms with Crippen LogP contribution in [-0.2, 0) is 11.2 Å². The number of aryl methyl sites for hydroxylation is 2. The molecule has 0 radical (unpaired) electrons. The predicted octanol–water partition coefficient (Wildman–Crippen LogP) is 3.96. The molecule has 0 aromatic heterocycles. The van der Waals surface area contributed by atoms with Gasteiger partial charge < -0.3 is 10.1 Å². The average Bonchev–Trinajstić information content (AvgIpc) is 2.55. The minimum absolute atomic E-state index is 0.0550. The number of carbonyl (C=O) groups is 1. The van der Waals surface area contributed by atoms with Crippen LogP contribution < -0.4 is 10.1 Å². The van der Waals surface area contributed by atoms with Gasteiger partial charge in [-0.1, -0.05) is 36.4 Å². The molecule has 120 valence electrons. The fourth-order valence-electron chi connectivity index (χ4n) is 3.14. The lowest BCUT2D eigenvalue weighted by Crippen LogP contribution is -2.31. The van der Waals surface area contributed by atoms with Crippen molar-refractivity contribution in [3.05, 3.63) is 65.2 Å². The zero-order chi connectivity index (χ0) is 16.1. The largest absolute Gasteiger partial charge is 0.493 e. The molecule has 3 heteroatoms. The molecule has 1 N–H and O–H groups in total. The van der Waals surface area contributed by atoms with Gasteiger partial charge >= 0.3 is 0 Å². The number of amides is 1. The van der Waals surface area contributed by atoms with Crippen LogP contribution in [0.1, 0.15) is 42.0 Å². The maximum Gasteiger partial charge on any atom is 0.223 e. The van der Waals surface area contributed by atoms with Gasteiger partial charge in [0, 0.05) is 0 Å². The molecule has 0 bridgehead atoms. The van der Waals surface area contributed by atoms with E-state index in [4.69, 9.17) is 4.74 Å². The van der Waals surface area contributed by atoms with Crippen molar-refractivity contribution in [3.63, 3.8) is 0 Å². The van der Waals surface area contributed by atoms with E-state index in [0.717, 1.165) is 30.6 Å². The summed E-state index contributed by atoms with van der Waals surface area (Å²) in [7, 11) is 0. The van der Waals surface area contributed by atoms with Gasteiger partial charge in [-0.25, -0.2) is 0 Å². The summed E-state index contributed by atoms with van der Waals surface area (Å²) in [4.78, 5) is 12.2. The van der Waals surface area contributed by atoms with Crippen molar-refractivity contribution in [1.82, 2.24) is 5.32 Å². The Morgan fingerprint density at radius 1 is 1.22 bits per heavy atom. The summed E-state index contributed by atoms with van der Waals surface area (Å²) in [5.41, 5.74) is 3.79. The highest BCUT2D eigenvalue weighted by molar-refractivity contribution is 5.76. The minimum atomic E-state index is 0.0550. The molecule has 0 saturated carbocycles. The molecule has 1 unspecified atom stereocenters. The van der Waals surface area contributed by atoms with Crippen LogP contribution in [0, 0.1) is 6.92 Å². The molecule has 0 heterocycles. The summed E-state index contributed by atoms with van der Waals surface area (Å²) < 4.78 is 5.66. The molecular weight excluding hydrogens is 286 g/mol. The first-order valence-corrected chi connectivity index (χ1v) is 8.29. The molecule has 1 aliphatic carbocycles. The van der Waals surface area contributed by atoms with Gasteiger partial charge in [-0.05, 0) is 55.0 Å². The highest BCUT2D eigenvalue weighted by Gasteiger charge is 2.21. The molecule has 1 aliphatic rings. The van der Waals surface area contributed by atoms with Crippen LogP contribution in [0.2, 0.25) is 0 Å². The second-order valence-electron chi connectivity index (χ2n) is 6.13. The standard InChI is InChI=1S/C20H23NO2/c1-15-6-4-9-17(14-15)23-13-12-20(22)21-19-11-5-8-16-7-2-3-10-18(16)19/h2-4,6-7,9-10,14,19H,5,8,11-13H2,1H3,(H,21,22). The van der Waals surface area contributed by atoms with Gasteiger partial charge in [0.05, 0.1) is 19.1 Å². The van der Waals surface area contributed by atoms with Crippen LogP contribution in [0.15, 0.2) is 48.5 Å². The molecule has 3 rings (SSSR count). The van der Waals surface area contributed by atoms with Gasteiger partial charge in [-0.3, -0.25) is 4.79 Å². The van der Waals surface area contributed by atoms with E-state index in [-0.39, 0.29) is 11.9 Å². The third-order valence-corrected chi connectivity index (χ3v) is 4.29. The Balaban J connectivity index is 1.50. The zero-order valence-electron chi connectivity index (χ0n) is 13.5. The van der Waals surface area contributed by atoms with E-state index in [9.17, 15) is 4.79 Å². The van der Waals surface area contributed by atoms with E-state index >= 15 is 0 Å². The van der Waals surface area contributed by atoms with Gasteiger partial charge in [0.25, 0.3) is 0 Å². The fourth-order valence-corrected chi connectivity index (χ4v) is 3.14. The summed E-state index contributed by atoms with van der Waals surface area (Å²) in [6.07, 6.45) is 3.63. The lowest BCUT2D eigenvalue weighted by Gasteiger charge is -2.26. The highest BCUT2D eigenvalue weighted by atomic mass is 16.5. The maximum atomic E-state index is 12.2. The molecule has 1 atom stereocenters. The smallest absolute Gasteiger partial charge is 0.223 e. The molecule has 23 heavy (non-hydrogen) atoms. The Kier molecular flexibility index (Phi) is 4.96. The number of nitrogens with one attached hydrogen (secondary N) is 1. The zero-order valence-corrected chi connectivity index (χ0v) is 13.5. The Morgan fingerprint density at radius 2 is 2.09 bits per heavy atom. The maximum absolute atomic E-state index is 12.2. The second-order valence-corrected chi connectivity index (χ2v) is 6.13. The first kappa shape index (κ1) is 15.6. The summed E-state index contributed by atoms with van der Waals surface area (Å²) >= 11 is 0. The van der Waals surface area contributed by atoms with Crippen LogP contribution in [0.5, 0.6) is 5.75 Å². The molecule has 2 aromatic rings. The molecule has 0 saturated heterocycles. The number of fused-ring (bicyclic) bond motifs is 1. The van der Waals surface area contributed by atoms with Crippen molar-refractivity contribution in [2.45, 2.75) is 38.6 Å². The van der Waals surface area contributed by atoms with E-state index in [2.05, 4.69) is 23.5 Å². The van der Waals surface area contributed by atoms with Crippen LogP contribution in [0.25, 0.3) is 0 Å². The van der Waals surface area contributed by atoms with Gasteiger partial charge in [0.15, 0.2) is 0 Å². The van der Waals surface area contributed by atoms with E-state index < -0.39 is 0 Å². The molecule has 0 fully saturated rings. The van der Waals surface area contributed by atoms with Crippen LogP contribution in [0.4, 0.5) is 0 Å². The molecule has 0 aliphatic heterocycles. The van der Waals surface area contributed by atoms with Crippen LogP contribution in [0.3, 0.4) is 0 Å². The Morgan fingerprint density at radius 3 is 2.96 bits per heavy atom. The van der Waals surface area contributed by atoms with Crippen molar-refractivity contribution in [1.29, 1.82) is 0 Å². The second kappa shape index (κ2) is 7.32. The third-order valence-electron chi connectivity index (χ3n) is 4.29. The first-order chi connectivity index (χ1) is 11.2. The Hall–Kier alpha value is -2.29. The Bertz CT molecular complexity index is 681. The lowest BCUT2D eigenvalue weighted by atomic mass is 9.88. The third kappa shape index (κ3) is 4.13. The minimum Gasteiger partial charge on any atom is -0.493 e. The van der Waals surface area contributed by atoms with Crippen LogP contribution >= 0.6 is 0 Å². The monoisotopic (exact) mass is 309 g/mol. The molecule has 3 nitrogen and oxygen atoms in total. The number of rotatable bonds is 5. The van der Waals surface area contributed by atoms with E-state index in [0.29, 0.717) is 13.0 Å². The molecule has 0 spiro atoms. The molecular formula is C20H23NO2. The summed E-state index contributed by atoms with van der Waals surface area (Å²) in [6, 6.07) is 16.4. The normalized spacial score (nSPS) is 16.5. The Labute approximate surface area is 137 Å². The number of hydrogen-bond acceptors (Lipinski definition) is 2. The average molecular weight is 309 g/mol. The van der Waals surface area contributed by atoms with Crippen molar-refractivity contribution in [2.75, 3.05) is 6.61 Å². The number of carbonyl (C=O) groups excluding carboxylic acids is 1. The van der Waals surface area contributed by atoms with Gasteiger partial charge in [0.2, 0.25) is 5.91 Å². The van der Waals surface area contributed by atoms with Gasteiger partial charge in [0.1, 0.15) is 5.75 Å². The van der Waals surface area contributed by atoms with E-state index in [1.54, 1.807) is 0 Å². The number of benzene rings is 2. The summed E-state index contributed by atoms with van der Waals surface area (Å²) in [5.74, 6) is 0.875. The van der Waals surface area contributed by atoms with Crippen LogP contribution in [-0.4, -0.2) is 12.5 Å². The fraction of sp³-hybridized carbons (Fsp3) is 0.350. The molecule has 2 aromatic carbocycles. The highest BCUT2D eigenvalue weighted by Crippen LogP contribution is 2.29. The van der Waals surface area contributed by atoms with Crippen molar-refractivity contribution in [2.24, 2.45) is 0 Å². The van der Waals surface area contributed by atoms with E-state index in [1.807, 2.05) is 37.3 Å². The van der Waals surface area contributed by atoms with Gasteiger partial charge in [-0.2, -0.15) is 0 Å². The van der Waals surface area contributed by atoms with Crippen molar-refractivity contribution in [3.8, 4) is 5.75 Å². The first-order valence-electron chi connectivity index (χ1n) is 8.29. The number of ether oxygens (including phenoxy) is 1. The molecule has 1 amide bonds. The topological polar surface area (TPSA) is 38.3 Å². The van der Waals surface area contributed by atoms with Crippen molar-refractivity contribution < 1.29 is 9.53 Å². The summed E-state index contributed by atoms with van der Waals surface area (Å²) in [5, 5.41) is 3.15. The van der Waals surface area contributed by atoms with Crippen molar-refractivity contribution >= 4 is 5.91 Å². The quantitative estimate of drug-likeness (QED) is 0.908.